The first-order chi connectivity index (χ1) is 6.09. The molecule has 0 saturated carbocycles. The summed E-state index contributed by atoms with van der Waals surface area (Å²) in [6.07, 6.45) is 0. The van der Waals surface area contributed by atoms with Crippen molar-refractivity contribution >= 4 is 33.9 Å². The van der Waals surface area contributed by atoms with Crippen LogP contribution in [0.5, 0.6) is 0 Å². The van der Waals surface area contributed by atoms with E-state index in [1.54, 1.807) is 0 Å². The number of rotatable bonds is 4. The van der Waals surface area contributed by atoms with Gasteiger partial charge in [0.2, 0.25) is 0 Å². The van der Waals surface area contributed by atoms with Crippen molar-refractivity contribution in [1.82, 2.24) is 5.43 Å². The van der Waals surface area contributed by atoms with Crippen LogP contribution in [0.4, 0.5) is 5.00 Å². The predicted molar refractivity (Wildman–Crippen MR) is 53.1 cm³/mol. The number of anilines is 1. The maximum atomic E-state index is 10.3. The highest BCUT2D eigenvalue weighted by Gasteiger charge is 2.11. The first-order valence-corrected chi connectivity index (χ1v) is 4.85. The fourth-order valence-corrected chi connectivity index (χ4v) is 1.50. The van der Waals surface area contributed by atoms with Crippen molar-refractivity contribution in [3.05, 3.63) is 17.0 Å². The van der Waals surface area contributed by atoms with Gasteiger partial charge in [0.25, 0.3) is 0 Å². The summed E-state index contributed by atoms with van der Waals surface area (Å²) < 4.78 is 0. The highest BCUT2D eigenvalue weighted by Crippen LogP contribution is 2.18. The van der Waals surface area contributed by atoms with Crippen LogP contribution < -0.4 is 10.9 Å². The first-order valence-electron chi connectivity index (χ1n) is 3.53. The molecule has 0 aliphatic rings. The second-order valence-electron chi connectivity index (χ2n) is 2.46. The molecule has 3 N–H and O–H groups in total. The zero-order chi connectivity index (χ0) is 9.84. The van der Waals surface area contributed by atoms with E-state index >= 15 is 0 Å². The number of nitrogens with one attached hydrogen (secondary N) is 2. The van der Waals surface area contributed by atoms with Crippen molar-refractivity contribution < 1.29 is 9.90 Å². The van der Waals surface area contributed by atoms with E-state index in [-0.39, 0.29) is 0 Å². The van der Waals surface area contributed by atoms with Crippen molar-refractivity contribution in [2.45, 2.75) is 12.4 Å². The van der Waals surface area contributed by atoms with E-state index in [0.717, 1.165) is 10.6 Å². The quantitative estimate of drug-likeness (QED) is 0.410. The Balaban J connectivity index is 2.39. The molecular weight excluding hydrogens is 212 g/mol. The van der Waals surface area contributed by atoms with Crippen molar-refractivity contribution in [1.29, 1.82) is 0 Å². The van der Waals surface area contributed by atoms with Crippen LogP contribution in [-0.2, 0) is 4.79 Å². The summed E-state index contributed by atoms with van der Waals surface area (Å²) in [6.45, 7) is 1.96. The minimum absolute atomic E-state index is 0.837. The molecule has 0 amide bonds. The number of carboxylic acids is 1. The van der Waals surface area contributed by atoms with E-state index in [0.29, 0.717) is 0 Å². The molecule has 0 aliphatic carbocycles. The van der Waals surface area contributed by atoms with E-state index in [4.69, 9.17) is 16.7 Å². The molecule has 1 unspecified atom stereocenters. The lowest BCUT2D eigenvalue weighted by Gasteiger charge is -2.07. The molecule has 4 nitrogen and oxygen atoms in total. The number of alkyl halides is 1. The molecule has 0 aliphatic heterocycles. The van der Waals surface area contributed by atoms with Crippen molar-refractivity contribution in [2.75, 3.05) is 5.43 Å². The number of carbonyl (C=O) groups is 1. The van der Waals surface area contributed by atoms with Gasteiger partial charge in [-0.1, -0.05) is 11.6 Å². The Labute approximate surface area is 84.5 Å². The molecule has 1 heterocycles. The molecule has 0 saturated heterocycles. The van der Waals surface area contributed by atoms with Crippen molar-refractivity contribution in [3.8, 4) is 0 Å². The summed E-state index contributed by atoms with van der Waals surface area (Å²) in [4.78, 5) is 10.3. The largest absolute Gasteiger partial charge is 0.479 e. The summed E-state index contributed by atoms with van der Waals surface area (Å²) in [6, 6.07) is 1.89. The molecule has 0 radical (unpaired) electrons. The van der Waals surface area contributed by atoms with Crippen molar-refractivity contribution in [3.63, 3.8) is 0 Å². The Morgan fingerprint density at radius 2 is 2.46 bits per heavy atom. The number of carboxylic acid groups (broad SMARTS) is 1. The molecule has 1 atom stereocenters. The molecule has 72 valence electrons. The lowest BCUT2D eigenvalue weighted by atomic mass is 10.4. The van der Waals surface area contributed by atoms with Gasteiger partial charge in [-0.3, -0.25) is 0 Å². The molecule has 1 rings (SSSR count). The number of hydrogen-bond donors (Lipinski definition) is 3. The summed E-state index contributed by atoms with van der Waals surface area (Å²) >= 11 is 6.88. The van der Waals surface area contributed by atoms with Crippen LogP contribution >= 0.6 is 22.9 Å². The molecule has 1 aromatic heterocycles. The predicted octanol–water partition coefficient (Wildman–Crippen LogP) is 1.62. The molecular formula is C7H9ClN2O2S. The smallest absolute Gasteiger partial charge is 0.337 e. The van der Waals surface area contributed by atoms with Crippen molar-refractivity contribution in [2.24, 2.45) is 0 Å². The van der Waals surface area contributed by atoms with Gasteiger partial charge in [0.15, 0.2) is 5.50 Å². The van der Waals surface area contributed by atoms with Gasteiger partial charge < -0.3 is 10.5 Å². The summed E-state index contributed by atoms with van der Waals surface area (Å²) in [5.41, 5.74) is 5.14. The zero-order valence-corrected chi connectivity index (χ0v) is 8.45. The van der Waals surface area contributed by atoms with Crippen LogP contribution in [0.2, 0.25) is 0 Å². The van der Waals surface area contributed by atoms with Gasteiger partial charge in [0, 0.05) is 0 Å². The minimum atomic E-state index is -1.12. The third-order valence-electron chi connectivity index (χ3n) is 1.27. The van der Waals surface area contributed by atoms with Gasteiger partial charge in [-0.15, -0.1) is 11.3 Å². The van der Waals surface area contributed by atoms with Crippen LogP contribution in [0, 0.1) is 6.92 Å². The molecule has 1 aromatic rings. The van der Waals surface area contributed by atoms with Crippen LogP contribution in [0.1, 0.15) is 5.56 Å². The van der Waals surface area contributed by atoms with Crippen LogP contribution in [0.15, 0.2) is 11.4 Å². The van der Waals surface area contributed by atoms with Gasteiger partial charge in [-0.05, 0) is 23.9 Å². The van der Waals surface area contributed by atoms with Crippen LogP contribution in [0.25, 0.3) is 0 Å². The Bertz CT molecular complexity index is 302. The van der Waals surface area contributed by atoms with E-state index in [1.165, 1.54) is 11.3 Å². The SMILES string of the molecule is Cc1csc(NNC(Cl)C(=O)O)c1. The summed E-state index contributed by atoms with van der Waals surface area (Å²) in [7, 11) is 0. The maximum Gasteiger partial charge on any atom is 0.337 e. The number of aryl methyl sites for hydroxylation is 1. The fraction of sp³-hybridized carbons (Fsp3) is 0.286. The lowest BCUT2D eigenvalue weighted by Crippen LogP contribution is -2.35. The highest BCUT2D eigenvalue weighted by atomic mass is 35.5. The number of hydrogen-bond acceptors (Lipinski definition) is 4. The fourth-order valence-electron chi connectivity index (χ4n) is 0.693. The molecule has 0 aromatic carbocycles. The van der Waals surface area contributed by atoms with E-state index in [1.807, 2.05) is 18.4 Å². The Hall–Kier alpha value is -0.780. The second kappa shape index (κ2) is 4.45. The second-order valence-corrected chi connectivity index (χ2v) is 3.81. The summed E-state index contributed by atoms with van der Waals surface area (Å²) in [5, 5.41) is 11.2. The highest BCUT2D eigenvalue weighted by molar-refractivity contribution is 7.14. The monoisotopic (exact) mass is 220 g/mol. The topological polar surface area (TPSA) is 61.4 Å². The Morgan fingerprint density at radius 1 is 1.77 bits per heavy atom. The lowest BCUT2D eigenvalue weighted by molar-refractivity contribution is -0.137. The van der Waals surface area contributed by atoms with Gasteiger partial charge in [-0.2, -0.15) is 0 Å². The molecule has 0 spiro atoms. The maximum absolute atomic E-state index is 10.3. The standard InChI is InChI=1S/C7H9ClN2O2S/c1-4-2-5(13-3-4)9-10-6(8)7(11)12/h2-3,6,9-10H,1H3,(H,11,12). The number of halogens is 1. The van der Waals surface area contributed by atoms with Crippen LogP contribution in [-0.4, -0.2) is 16.6 Å². The van der Waals surface area contributed by atoms with Crippen LogP contribution in [0.3, 0.4) is 0 Å². The van der Waals surface area contributed by atoms with Gasteiger partial charge in [0.05, 0.1) is 0 Å². The van der Waals surface area contributed by atoms with Gasteiger partial charge in [0.1, 0.15) is 5.00 Å². The molecule has 0 fully saturated rings. The average Bonchev–Trinajstić information content (AvgIpc) is 2.47. The third kappa shape index (κ3) is 3.22. The average molecular weight is 221 g/mol. The normalized spacial score (nSPS) is 12.5. The first kappa shape index (κ1) is 10.3. The van der Waals surface area contributed by atoms with E-state index in [2.05, 4.69) is 10.9 Å². The van der Waals surface area contributed by atoms with E-state index < -0.39 is 11.5 Å². The zero-order valence-electron chi connectivity index (χ0n) is 6.87. The third-order valence-corrected chi connectivity index (χ3v) is 2.53. The number of hydrazine groups is 1. The number of thiophene rings is 1. The molecule has 0 bridgehead atoms. The molecule has 13 heavy (non-hydrogen) atoms. The number of aliphatic carboxylic acids is 1. The minimum Gasteiger partial charge on any atom is -0.479 e. The Morgan fingerprint density at radius 3 is 2.92 bits per heavy atom. The van der Waals surface area contributed by atoms with E-state index in [9.17, 15) is 4.79 Å². The van der Waals surface area contributed by atoms with Gasteiger partial charge >= 0.3 is 5.97 Å². The Kier molecular flexibility index (Phi) is 3.53. The molecule has 6 heteroatoms. The summed E-state index contributed by atoms with van der Waals surface area (Å²) in [5.74, 6) is -1.11. The van der Waals surface area contributed by atoms with Gasteiger partial charge in [-0.25, -0.2) is 10.2 Å².